The Labute approximate surface area is 122 Å². The minimum atomic E-state index is -0.363. The highest BCUT2D eigenvalue weighted by atomic mass is 32.1. The van der Waals surface area contributed by atoms with Gasteiger partial charge in [0, 0.05) is 6.54 Å². The Morgan fingerprint density at radius 2 is 2.05 bits per heavy atom. The molecule has 20 heavy (non-hydrogen) atoms. The van der Waals surface area contributed by atoms with Crippen LogP contribution in [0.5, 0.6) is 0 Å². The molecule has 0 unspecified atom stereocenters. The Bertz CT molecular complexity index is 590. The summed E-state index contributed by atoms with van der Waals surface area (Å²) in [7, 11) is 0. The number of nitrogens with one attached hydrogen (secondary N) is 1. The molecule has 0 saturated carbocycles. The molecule has 0 amide bonds. The summed E-state index contributed by atoms with van der Waals surface area (Å²) < 4.78 is 4.96. The van der Waals surface area contributed by atoms with Gasteiger partial charge in [0.25, 0.3) is 0 Å². The van der Waals surface area contributed by atoms with Crippen LogP contribution >= 0.6 is 11.3 Å². The summed E-state index contributed by atoms with van der Waals surface area (Å²) in [6.45, 7) is 4.88. The van der Waals surface area contributed by atoms with Crippen molar-refractivity contribution in [2.24, 2.45) is 0 Å². The highest BCUT2D eigenvalue weighted by Crippen LogP contribution is 2.30. The number of rotatable bonds is 5. The van der Waals surface area contributed by atoms with Gasteiger partial charge in [0.05, 0.1) is 17.3 Å². The van der Waals surface area contributed by atoms with E-state index in [0.717, 1.165) is 5.00 Å². The molecule has 0 atom stereocenters. The van der Waals surface area contributed by atoms with Crippen LogP contribution in [-0.2, 0) is 11.3 Å². The zero-order chi connectivity index (χ0) is 14.5. The summed E-state index contributed by atoms with van der Waals surface area (Å²) in [6, 6.07) is 10.1. The number of anilines is 2. The van der Waals surface area contributed by atoms with Crippen molar-refractivity contribution in [2.45, 2.75) is 20.4 Å². The normalized spacial score (nSPS) is 10.3. The van der Waals surface area contributed by atoms with E-state index in [1.165, 1.54) is 22.5 Å². The lowest BCUT2D eigenvalue weighted by atomic mass is 10.1. The number of nitrogen functional groups attached to an aromatic ring is 1. The molecular formula is C15H18N2O2S. The fourth-order valence-electron chi connectivity index (χ4n) is 1.74. The van der Waals surface area contributed by atoms with Gasteiger partial charge >= 0.3 is 5.97 Å². The van der Waals surface area contributed by atoms with Crippen molar-refractivity contribution in [3.05, 3.63) is 46.3 Å². The summed E-state index contributed by atoms with van der Waals surface area (Å²) in [4.78, 5) is 12.1. The van der Waals surface area contributed by atoms with Gasteiger partial charge in [0.2, 0.25) is 0 Å². The van der Waals surface area contributed by atoms with Gasteiger partial charge in [-0.2, -0.15) is 0 Å². The first-order valence-corrected chi connectivity index (χ1v) is 7.27. The van der Waals surface area contributed by atoms with Gasteiger partial charge < -0.3 is 15.8 Å². The minimum Gasteiger partial charge on any atom is -0.462 e. The molecule has 0 aliphatic carbocycles. The number of thiophene rings is 1. The van der Waals surface area contributed by atoms with E-state index < -0.39 is 0 Å². The lowest BCUT2D eigenvalue weighted by molar-refractivity contribution is 0.0533. The average molecular weight is 290 g/mol. The van der Waals surface area contributed by atoms with Crippen LogP contribution < -0.4 is 11.1 Å². The zero-order valence-corrected chi connectivity index (χ0v) is 12.4. The molecule has 0 saturated heterocycles. The zero-order valence-electron chi connectivity index (χ0n) is 11.6. The van der Waals surface area contributed by atoms with Crippen LogP contribution in [0.2, 0.25) is 0 Å². The van der Waals surface area contributed by atoms with Crippen LogP contribution in [0.3, 0.4) is 0 Å². The van der Waals surface area contributed by atoms with Gasteiger partial charge in [0.15, 0.2) is 0 Å². The topological polar surface area (TPSA) is 64.3 Å². The van der Waals surface area contributed by atoms with Crippen LogP contribution in [0.1, 0.15) is 27.7 Å². The first kappa shape index (κ1) is 14.4. The third kappa shape index (κ3) is 3.51. The molecule has 2 aromatic rings. The predicted molar refractivity (Wildman–Crippen MR) is 83.2 cm³/mol. The van der Waals surface area contributed by atoms with Gasteiger partial charge in [-0.25, -0.2) is 4.79 Å². The lowest BCUT2D eigenvalue weighted by Gasteiger charge is -2.04. The average Bonchev–Trinajstić information content (AvgIpc) is 2.80. The van der Waals surface area contributed by atoms with Gasteiger partial charge in [-0.05, 0) is 25.5 Å². The summed E-state index contributed by atoms with van der Waals surface area (Å²) >= 11 is 1.32. The van der Waals surface area contributed by atoms with E-state index in [1.54, 1.807) is 13.0 Å². The van der Waals surface area contributed by atoms with Crippen LogP contribution in [0.25, 0.3) is 0 Å². The number of aryl methyl sites for hydroxylation is 1. The van der Waals surface area contributed by atoms with E-state index in [4.69, 9.17) is 10.5 Å². The second-order valence-corrected chi connectivity index (χ2v) is 5.51. The fraction of sp³-hybridized carbons (Fsp3) is 0.267. The van der Waals surface area contributed by atoms with Crippen molar-refractivity contribution < 1.29 is 9.53 Å². The van der Waals surface area contributed by atoms with Gasteiger partial charge in [0.1, 0.15) is 4.88 Å². The molecule has 2 rings (SSSR count). The number of ether oxygens (including phenoxy) is 1. The van der Waals surface area contributed by atoms with Crippen molar-refractivity contribution in [3.63, 3.8) is 0 Å². The molecule has 0 bridgehead atoms. The monoisotopic (exact) mass is 290 g/mol. The number of carbonyl (C=O) groups is 1. The van der Waals surface area contributed by atoms with E-state index in [9.17, 15) is 4.79 Å². The molecule has 106 valence electrons. The highest BCUT2D eigenvalue weighted by Gasteiger charge is 2.15. The van der Waals surface area contributed by atoms with E-state index in [2.05, 4.69) is 36.5 Å². The predicted octanol–water partition coefficient (Wildman–Crippen LogP) is 3.43. The Hall–Kier alpha value is -2.01. The number of hydrogen-bond donors (Lipinski definition) is 2. The number of carbonyl (C=O) groups excluding carboxylic acids is 1. The maximum absolute atomic E-state index is 11.7. The summed E-state index contributed by atoms with van der Waals surface area (Å²) in [6.07, 6.45) is 0. The maximum Gasteiger partial charge on any atom is 0.350 e. The van der Waals surface area contributed by atoms with E-state index in [0.29, 0.717) is 23.7 Å². The SMILES string of the molecule is CCOC(=O)c1sc(NCc2ccc(C)cc2)cc1N. The molecule has 0 fully saturated rings. The molecule has 1 aromatic carbocycles. The summed E-state index contributed by atoms with van der Waals surface area (Å²) in [5.41, 5.74) is 8.70. The Morgan fingerprint density at radius 1 is 1.35 bits per heavy atom. The van der Waals surface area contributed by atoms with Crippen LogP contribution in [0, 0.1) is 6.92 Å². The van der Waals surface area contributed by atoms with Crippen molar-refractivity contribution in [1.82, 2.24) is 0 Å². The second kappa shape index (κ2) is 6.43. The van der Waals surface area contributed by atoms with Crippen molar-refractivity contribution >= 4 is 28.0 Å². The molecule has 4 nitrogen and oxygen atoms in total. The first-order valence-electron chi connectivity index (χ1n) is 6.46. The standard InChI is InChI=1S/C15H18N2O2S/c1-3-19-15(18)14-12(16)8-13(20-14)17-9-11-6-4-10(2)5-7-11/h4-8,17H,3,9,16H2,1-2H3. The molecular weight excluding hydrogens is 272 g/mol. The molecule has 0 aliphatic rings. The van der Waals surface area contributed by atoms with E-state index in [-0.39, 0.29) is 5.97 Å². The van der Waals surface area contributed by atoms with Crippen molar-refractivity contribution in [3.8, 4) is 0 Å². The maximum atomic E-state index is 11.7. The van der Waals surface area contributed by atoms with E-state index in [1.807, 2.05) is 0 Å². The van der Waals surface area contributed by atoms with Gasteiger partial charge in [-0.1, -0.05) is 29.8 Å². The third-order valence-electron chi connectivity index (χ3n) is 2.81. The summed E-state index contributed by atoms with van der Waals surface area (Å²) in [5, 5.41) is 4.14. The second-order valence-electron chi connectivity index (χ2n) is 4.45. The Morgan fingerprint density at radius 3 is 2.70 bits per heavy atom. The van der Waals surface area contributed by atoms with E-state index >= 15 is 0 Å². The summed E-state index contributed by atoms with van der Waals surface area (Å²) in [5.74, 6) is -0.363. The highest BCUT2D eigenvalue weighted by molar-refractivity contribution is 7.18. The molecule has 5 heteroatoms. The molecule has 1 heterocycles. The lowest BCUT2D eigenvalue weighted by Crippen LogP contribution is -2.04. The quantitative estimate of drug-likeness (QED) is 0.828. The van der Waals surface area contributed by atoms with Crippen LogP contribution in [0.15, 0.2) is 30.3 Å². The molecule has 0 aliphatic heterocycles. The van der Waals surface area contributed by atoms with Crippen LogP contribution in [-0.4, -0.2) is 12.6 Å². The largest absolute Gasteiger partial charge is 0.462 e. The molecule has 1 aromatic heterocycles. The van der Waals surface area contributed by atoms with Crippen molar-refractivity contribution in [2.75, 3.05) is 17.7 Å². The Balaban J connectivity index is 2.01. The van der Waals surface area contributed by atoms with Crippen LogP contribution in [0.4, 0.5) is 10.7 Å². The molecule has 3 N–H and O–H groups in total. The third-order valence-corrected chi connectivity index (χ3v) is 3.90. The minimum absolute atomic E-state index is 0.350. The number of hydrogen-bond acceptors (Lipinski definition) is 5. The number of benzene rings is 1. The molecule has 0 spiro atoms. The smallest absolute Gasteiger partial charge is 0.350 e. The first-order chi connectivity index (χ1) is 9.60. The number of esters is 1. The van der Waals surface area contributed by atoms with Gasteiger partial charge in [-0.15, -0.1) is 11.3 Å². The fourth-order valence-corrected chi connectivity index (χ4v) is 2.61. The van der Waals surface area contributed by atoms with Crippen molar-refractivity contribution in [1.29, 1.82) is 0 Å². The number of nitrogens with two attached hydrogens (primary N) is 1. The Kier molecular flexibility index (Phi) is 4.63. The van der Waals surface area contributed by atoms with Gasteiger partial charge in [-0.3, -0.25) is 0 Å². The molecule has 0 radical (unpaired) electrons.